The smallest absolute Gasteiger partial charge is 0.358 e. The highest BCUT2D eigenvalue weighted by molar-refractivity contribution is 7.79. The molecule has 9 heteroatoms. The summed E-state index contributed by atoms with van der Waals surface area (Å²) in [5.74, 6) is -0.191. The van der Waals surface area contributed by atoms with E-state index in [1.54, 1.807) is 0 Å². The SMILES string of the molecule is CO[C@H]1O[C@H](CO)[C@@H](O)[C@H](O)[C@H]1OC(=S)Oc1ccc(F)cc1. The second-order valence-corrected chi connectivity index (χ2v) is 5.16. The van der Waals surface area contributed by atoms with Gasteiger partial charge in [0.25, 0.3) is 0 Å². The first-order chi connectivity index (χ1) is 11.0. The van der Waals surface area contributed by atoms with Crippen molar-refractivity contribution < 1.29 is 38.7 Å². The first-order valence-electron chi connectivity index (χ1n) is 6.75. The summed E-state index contributed by atoms with van der Waals surface area (Å²) in [5, 5.41) is 28.7. The van der Waals surface area contributed by atoms with Crippen LogP contribution in [-0.4, -0.2) is 65.0 Å². The van der Waals surface area contributed by atoms with Gasteiger partial charge in [-0.15, -0.1) is 0 Å². The number of benzene rings is 1. The van der Waals surface area contributed by atoms with Crippen molar-refractivity contribution in [1.82, 2.24) is 0 Å². The molecule has 0 unspecified atom stereocenters. The Morgan fingerprint density at radius 2 is 1.91 bits per heavy atom. The zero-order valence-electron chi connectivity index (χ0n) is 12.2. The minimum atomic E-state index is -1.42. The fourth-order valence-electron chi connectivity index (χ4n) is 2.11. The van der Waals surface area contributed by atoms with E-state index in [2.05, 4.69) is 0 Å². The van der Waals surface area contributed by atoms with Crippen LogP contribution in [0.15, 0.2) is 24.3 Å². The van der Waals surface area contributed by atoms with Crippen molar-refractivity contribution >= 4 is 17.5 Å². The maximum atomic E-state index is 12.8. The lowest BCUT2D eigenvalue weighted by atomic mass is 9.99. The molecular weight excluding hydrogens is 331 g/mol. The van der Waals surface area contributed by atoms with Gasteiger partial charge in [-0.2, -0.15) is 0 Å². The van der Waals surface area contributed by atoms with Crippen LogP contribution in [0.2, 0.25) is 0 Å². The minimum Gasteiger partial charge on any atom is -0.445 e. The lowest BCUT2D eigenvalue weighted by molar-refractivity contribution is -0.292. The molecule has 1 heterocycles. The number of thiocarbonyl (C=S) groups is 1. The summed E-state index contributed by atoms with van der Waals surface area (Å²) in [6.07, 6.45) is -6.04. The number of hydrogen-bond acceptors (Lipinski definition) is 8. The van der Waals surface area contributed by atoms with Gasteiger partial charge < -0.3 is 34.3 Å². The molecule has 1 aromatic rings. The van der Waals surface area contributed by atoms with Crippen LogP contribution in [0.25, 0.3) is 0 Å². The number of aliphatic hydroxyl groups is 3. The molecule has 7 nitrogen and oxygen atoms in total. The van der Waals surface area contributed by atoms with Crippen LogP contribution in [0.1, 0.15) is 0 Å². The molecule has 128 valence electrons. The molecule has 1 aromatic carbocycles. The van der Waals surface area contributed by atoms with Crippen LogP contribution in [0.3, 0.4) is 0 Å². The molecule has 23 heavy (non-hydrogen) atoms. The van der Waals surface area contributed by atoms with E-state index < -0.39 is 43.1 Å². The summed E-state index contributed by atoms with van der Waals surface area (Å²) in [6.45, 7) is -0.499. The van der Waals surface area contributed by atoms with E-state index in [0.717, 1.165) is 0 Å². The molecule has 1 aliphatic heterocycles. The number of halogens is 1. The summed E-state index contributed by atoms with van der Waals surface area (Å²) in [6, 6.07) is 5.07. The van der Waals surface area contributed by atoms with Crippen LogP contribution >= 0.6 is 12.2 Å². The highest BCUT2D eigenvalue weighted by Crippen LogP contribution is 2.25. The van der Waals surface area contributed by atoms with Crippen molar-refractivity contribution in [2.75, 3.05) is 13.7 Å². The van der Waals surface area contributed by atoms with Crippen LogP contribution in [0.5, 0.6) is 5.75 Å². The lowest BCUT2D eigenvalue weighted by Gasteiger charge is -2.40. The van der Waals surface area contributed by atoms with E-state index in [0.29, 0.717) is 0 Å². The molecule has 2 rings (SSSR count). The third-order valence-corrected chi connectivity index (χ3v) is 3.48. The second-order valence-electron chi connectivity index (χ2n) is 4.83. The van der Waals surface area contributed by atoms with E-state index >= 15 is 0 Å². The Kier molecular flexibility index (Phi) is 6.22. The Morgan fingerprint density at radius 3 is 2.48 bits per heavy atom. The molecule has 1 fully saturated rings. The number of ether oxygens (including phenoxy) is 4. The third kappa shape index (κ3) is 4.34. The van der Waals surface area contributed by atoms with Gasteiger partial charge in [0.1, 0.15) is 29.9 Å². The van der Waals surface area contributed by atoms with Gasteiger partial charge in [-0.05, 0) is 24.3 Å². The maximum absolute atomic E-state index is 12.8. The predicted molar refractivity (Wildman–Crippen MR) is 79.3 cm³/mol. The van der Waals surface area contributed by atoms with Crippen LogP contribution in [0, 0.1) is 5.82 Å². The van der Waals surface area contributed by atoms with Crippen molar-refractivity contribution in [3.63, 3.8) is 0 Å². The molecule has 0 bridgehead atoms. The van der Waals surface area contributed by atoms with Crippen molar-refractivity contribution in [3.8, 4) is 5.75 Å². The van der Waals surface area contributed by atoms with Gasteiger partial charge in [0.2, 0.25) is 0 Å². The van der Waals surface area contributed by atoms with Gasteiger partial charge in [-0.3, -0.25) is 0 Å². The quantitative estimate of drug-likeness (QED) is 0.652. The Morgan fingerprint density at radius 1 is 1.26 bits per heavy atom. The molecule has 0 saturated carbocycles. The lowest BCUT2D eigenvalue weighted by Crippen LogP contribution is -2.60. The Bertz CT molecular complexity index is 524. The molecular formula is C14H17FO7S. The average Bonchev–Trinajstić information content (AvgIpc) is 2.54. The summed E-state index contributed by atoms with van der Waals surface area (Å²) >= 11 is 4.91. The molecule has 5 atom stereocenters. The molecule has 0 radical (unpaired) electrons. The number of methoxy groups -OCH3 is 1. The highest BCUT2D eigenvalue weighted by atomic mass is 32.1. The molecule has 1 aliphatic rings. The first kappa shape index (κ1) is 18.0. The van der Waals surface area contributed by atoms with Gasteiger partial charge in [0.05, 0.1) is 6.61 Å². The van der Waals surface area contributed by atoms with Gasteiger partial charge in [-0.1, -0.05) is 0 Å². The topological polar surface area (TPSA) is 97.6 Å². The van der Waals surface area contributed by atoms with E-state index in [9.17, 15) is 14.6 Å². The molecule has 0 aromatic heterocycles. The van der Waals surface area contributed by atoms with Crippen molar-refractivity contribution in [2.45, 2.75) is 30.7 Å². The van der Waals surface area contributed by atoms with Gasteiger partial charge >= 0.3 is 5.24 Å². The fraction of sp³-hybridized carbons (Fsp3) is 0.500. The standard InChI is InChI=1S/C14H17FO7S/c1-19-13-12(11(18)10(17)9(6-16)21-13)22-14(23)20-8-4-2-7(15)3-5-8/h2-5,9-13,16-18H,6H2,1H3/t9-,10-,11+,12-,13+/m1/s1. The van der Waals surface area contributed by atoms with Gasteiger partial charge in [-0.25, -0.2) is 4.39 Å². The number of rotatable bonds is 4. The summed E-state index contributed by atoms with van der Waals surface area (Å²) < 4.78 is 33.6. The molecule has 3 N–H and O–H groups in total. The Hall–Kier alpha value is -1.36. The maximum Gasteiger partial charge on any atom is 0.358 e. The van der Waals surface area contributed by atoms with Crippen molar-refractivity contribution in [2.24, 2.45) is 0 Å². The van der Waals surface area contributed by atoms with Crippen LogP contribution in [0.4, 0.5) is 4.39 Å². The molecule has 0 spiro atoms. The van der Waals surface area contributed by atoms with E-state index in [4.69, 9.17) is 36.3 Å². The Balaban J connectivity index is 2.01. The fourth-order valence-corrected chi connectivity index (χ4v) is 2.31. The minimum absolute atomic E-state index is 0.241. The zero-order chi connectivity index (χ0) is 17.0. The summed E-state index contributed by atoms with van der Waals surface area (Å²) in [4.78, 5) is 0. The normalized spacial score (nSPS) is 30.7. The number of aliphatic hydroxyl groups excluding tert-OH is 3. The van der Waals surface area contributed by atoms with E-state index in [-0.39, 0.29) is 11.0 Å². The zero-order valence-corrected chi connectivity index (χ0v) is 13.0. The van der Waals surface area contributed by atoms with Gasteiger partial charge in [0, 0.05) is 19.3 Å². The number of hydrogen-bond donors (Lipinski definition) is 3. The van der Waals surface area contributed by atoms with Crippen molar-refractivity contribution in [3.05, 3.63) is 30.1 Å². The third-order valence-electron chi connectivity index (χ3n) is 3.30. The van der Waals surface area contributed by atoms with E-state index in [1.165, 1.54) is 31.4 Å². The van der Waals surface area contributed by atoms with Crippen molar-refractivity contribution in [1.29, 1.82) is 0 Å². The van der Waals surface area contributed by atoms with E-state index in [1.807, 2.05) is 0 Å². The van der Waals surface area contributed by atoms with Crippen LogP contribution < -0.4 is 4.74 Å². The molecule has 1 saturated heterocycles. The predicted octanol–water partition coefficient (Wildman–Crippen LogP) is -0.0400. The largest absolute Gasteiger partial charge is 0.445 e. The average molecular weight is 348 g/mol. The second kappa shape index (κ2) is 7.95. The summed E-state index contributed by atoms with van der Waals surface area (Å²) in [7, 11) is 1.31. The molecule has 0 amide bonds. The monoisotopic (exact) mass is 348 g/mol. The molecule has 0 aliphatic carbocycles. The summed E-state index contributed by atoms with van der Waals surface area (Å²) in [5.41, 5.74) is 0. The van der Waals surface area contributed by atoms with Crippen LogP contribution in [-0.2, 0) is 14.2 Å². The highest BCUT2D eigenvalue weighted by Gasteiger charge is 2.46. The first-order valence-corrected chi connectivity index (χ1v) is 7.16. The van der Waals surface area contributed by atoms with Gasteiger partial charge in [0.15, 0.2) is 12.4 Å². The Labute approximate surface area is 137 Å².